The van der Waals surface area contributed by atoms with Gasteiger partial charge in [0.1, 0.15) is 10.6 Å². The van der Waals surface area contributed by atoms with Crippen molar-refractivity contribution in [1.82, 2.24) is 20.6 Å². The molecule has 9 nitrogen and oxygen atoms in total. The second-order valence-electron chi connectivity index (χ2n) is 6.20. The molecule has 0 atom stereocenters. The molecule has 24 heavy (non-hydrogen) atoms. The van der Waals surface area contributed by atoms with Crippen molar-refractivity contribution in [2.24, 2.45) is 0 Å². The first-order chi connectivity index (χ1) is 11.3. The normalized spacial score (nSPS) is 14.1. The minimum atomic E-state index is -0.633. The average molecular weight is 351 g/mol. The number of carbonyl (C=O) groups excluding carboxylic acids is 2. The van der Waals surface area contributed by atoms with Gasteiger partial charge in [-0.25, -0.2) is 4.79 Å². The van der Waals surface area contributed by atoms with Gasteiger partial charge in [-0.05, 0) is 38.0 Å². The molecule has 128 valence electrons. The molecule has 0 radical (unpaired) electrons. The lowest BCUT2D eigenvalue weighted by atomic mass is 10.1. The Kier molecular flexibility index (Phi) is 4.33. The summed E-state index contributed by atoms with van der Waals surface area (Å²) in [5, 5.41) is 15.9. The molecule has 2 N–H and O–H groups in total. The Balaban J connectivity index is 1.94. The van der Waals surface area contributed by atoms with Gasteiger partial charge in [-0.2, -0.15) is 5.21 Å². The van der Waals surface area contributed by atoms with Crippen molar-refractivity contribution < 1.29 is 19.1 Å². The number of hydrogen-bond acceptors (Lipinski definition) is 8. The fourth-order valence-electron chi connectivity index (χ4n) is 2.28. The Morgan fingerprint density at radius 2 is 2.17 bits per heavy atom. The van der Waals surface area contributed by atoms with Crippen LogP contribution in [0.25, 0.3) is 0 Å². The van der Waals surface area contributed by atoms with Gasteiger partial charge in [-0.3, -0.25) is 4.79 Å². The van der Waals surface area contributed by atoms with E-state index in [0.717, 1.165) is 10.4 Å². The maximum absolute atomic E-state index is 12.6. The lowest BCUT2D eigenvalue weighted by Crippen LogP contribution is -2.26. The number of rotatable bonds is 3. The van der Waals surface area contributed by atoms with E-state index in [2.05, 4.69) is 25.9 Å². The summed E-state index contributed by atoms with van der Waals surface area (Å²) < 4.78 is 10.9. The van der Waals surface area contributed by atoms with E-state index in [4.69, 9.17) is 9.47 Å². The van der Waals surface area contributed by atoms with E-state index in [-0.39, 0.29) is 5.82 Å². The molecule has 0 aromatic carbocycles. The lowest BCUT2D eigenvalue weighted by Gasteiger charge is -2.21. The molecule has 0 unspecified atom stereocenters. The first-order valence-corrected chi connectivity index (χ1v) is 8.17. The number of ether oxygens (including phenoxy) is 2. The smallest absolute Gasteiger partial charge is 0.341 e. The van der Waals surface area contributed by atoms with Crippen LogP contribution < -0.4 is 5.32 Å². The predicted octanol–water partition coefficient (Wildman–Crippen LogP) is 1.54. The summed E-state index contributed by atoms with van der Waals surface area (Å²) >= 11 is 1.30. The first kappa shape index (κ1) is 16.5. The van der Waals surface area contributed by atoms with E-state index < -0.39 is 17.5 Å². The lowest BCUT2D eigenvalue weighted by molar-refractivity contribution is 0.00686. The van der Waals surface area contributed by atoms with Crippen LogP contribution in [0.1, 0.15) is 52.2 Å². The molecule has 1 aliphatic rings. The van der Waals surface area contributed by atoms with Gasteiger partial charge in [0.2, 0.25) is 0 Å². The van der Waals surface area contributed by atoms with E-state index in [1.165, 1.54) is 11.3 Å². The van der Waals surface area contributed by atoms with Gasteiger partial charge in [0.05, 0.1) is 18.8 Å². The molecule has 0 aliphatic carbocycles. The third-order valence-electron chi connectivity index (χ3n) is 3.20. The number of aromatic amines is 1. The van der Waals surface area contributed by atoms with Crippen LogP contribution >= 0.6 is 11.3 Å². The summed E-state index contributed by atoms with van der Waals surface area (Å²) in [6, 6.07) is 0. The molecule has 0 bridgehead atoms. The molecule has 0 fully saturated rings. The number of thiophene rings is 1. The van der Waals surface area contributed by atoms with Gasteiger partial charge in [0, 0.05) is 4.88 Å². The van der Waals surface area contributed by atoms with Crippen LogP contribution in [0.4, 0.5) is 5.00 Å². The largest absolute Gasteiger partial charge is 0.456 e. The molecule has 2 aromatic rings. The molecule has 1 aliphatic heterocycles. The quantitative estimate of drug-likeness (QED) is 0.805. The number of aromatic nitrogens is 4. The summed E-state index contributed by atoms with van der Waals surface area (Å²) in [5.74, 6) is -1.12. The minimum Gasteiger partial charge on any atom is -0.456 e. The Bertz CT molecular complexity index is 763. The second-order valence-corrected chi connectivity index (χ2v) is 7.31. The number of hydrogen-bond donors (Lipinski definition) is 2. The van der Waals surface area contributed by atoms with Gasteiger partial charge in [0.15, 0.2) is 0 Å². The highest BCUT2D eigenvalue weighted by atomic mass is 32.1. The number of nitrogens with zero attached hydrogens (tertiary/aromatic N) is 3. The maximum atomic E-state index is 12.6. The van der Waals surface area contributed by atoms with E-state index in [0.29, 0.717) is 30.2 Å². The molecule has 0 saturated heterocycles. The maximum Gasteiger partial charge on any atom is 0.341 e. The van der Waals surface area contributed by atoms with Gasteiger partial charge in [0.25, 0.3) is 11.7 Å². The fourth-order valence-corrected chi connectivity index (χ4v) is 3.45. The van der Waals surface area contributed by atoms with Gasteiger partial charge in [-0.1, -0.05) is 0 Å². The third kappa shape index (κ3) is 3.44. The number of fused-ring (bicyclic) bond motifs is 1. The van der Waals surface area contributed by atoms with Gasteiger partial charge < -0.3 is 14.8 Å². The number of anilines is 1. The van der Waals surface area contributed by atoms with Crippen molar-refractivity contribution in [2.75, 3.05) is 11.9 Å². The number of esters is 1. The Hall–Kier alpha value is -2.33. The molecule has 3 heterocycles. The zero-order valence-corrected chi connectivity index (χ0v) is 14.3. The summed E-state index contributed by atoms with van der Waals surface area (Å²) in [7, 11) is 0. The van der Waals surface area contributed by atoms with Crippen LogP contribution in [-0.2, 0) is 22.5 Å². The highest BCUT2D eigenvalue weighted by molar-refractivity contribution is 7.17. The van der Waals surface area contributed by atoms with E-state index in [1.807, 2.05) is 0 Å². The zero-order valence-electron chi connectivity index (χ0n) is 13.5. The molecule has 3 rings (SSSR count). The molecule has 0 saturated carbocycles. The predicted molar refractivity (Wildman–Crippen MR) is 85.0 cm³/mol. The van der Waals surface area contributed by atoms with Crippen molar-refractivity contribution in [3.63, 3.8) is 0 Å². The standard InChI is InChI=1S/C14H17N5O4S/c1-14(2,3)23-13(21)9-7-4-5-22-6-8(7)24-12(9)15-11(20)10-16-18-19-17-10/h4-6H2,1-3H3,(H,15,20)(H,16,17,18,19). The number of carbonyl (C=O) groups is 2. The van der Waals surface area contributed by atoms with E-state index in [1.54, 1.807) is 20.8 Å². The van der Waals surface area contributed by atoms with Crippen molar-refractivity contribution in [2.45, 2.75) is 39.4 Å². The zero-order chi connectivity index (χ0) is 17.3. The molecule has 0 spiro atoms. The van der Waals surface area contributed by atoms with E-state index >= 15 is 0 Å². The van der Waals surface area contributed by atoms with Crippen LogP contribution in [0.3, 0.4) is 0 Å². The third-order valence-corrected chi connectivity index (χ3v) is 4.32. The first-order valence-electron chi connectivity index (χ1n) is 7.35. The molecule has 2 aromatic heterocycles. The van der Waals surface area contributed by atoms with Crippen LogP contribution in [0.5, 0.6) is 0 Å². The SMILES string of the molecule is CC(C)(C)OC(=O)c1c(NC(=O)c2nn[nH]n2)sc2c1CCOC2. The van der Waals surface area contributed by atoms with Crippen molar-refractivity contribution in [3.8, 4) is 0 Å². The van der Waals surface area contributed by atoms with Crippen LogP contribution in [0.2, 0.25) is 0 Å². The summed E-state index contributed by atoms with van der Waals surface area (Å²) in [6.07, 6.45) is 0.596. The monoisotopic (exact) mass is 351 g/mol. The van der Waals surface area contributed by atoms with Crippen molar-refractivity contribution in [1.29, 1.82) is 0 Å². The molecule has 1 amide bonds. The van der Waals surface area contributed by atoms with Crippen molar-refractivity contribution in [3.05, 3.63) is 21.8 Å². The fraction of sp³-hybridized carbons (Fsp3) is 0.500. The van der Waals surface area contributed by atoms with E-state index in [9.17, 15) is 9.59 Å². The summed E-state index contributed by atoms with van der Waals surface area (Å²) in [4.78, 5) is 25.7. The minimum absolute atomic E-state index is 0.104. The Morgan fingerprint density at radius 3 is 2.83 bits per heavy atom. The summed E-state index contributed by atoms with van der Waals surface area (Å²) in [6.45, 7) is 6.32. The average Bonchev–Trinajstić information content (AvgIpc) is 3.12. The van der Waals surface area contributed by atoms with Gasteiger partial charge >= 0.3 is 5.97 Å². The highest BCUT2D eigenvalue weighted by Gasteiger charge is 2.30. The van der Waals surface area contributed by atoms with Crippen LogP contribution in [0.15, 0.2) is 0 Å². The Labute approximate surface area is 141 Å². The van der Waals surface area contributed by atoms with Gasteiger partial charge in [-0.15, -0.1) is 21.5 Å². The van der Waals surface area contributed by atoms with Crippen LogP contribution in [0, 0.1) is 0 Å². The molecule has 10 heteroatoms. The van der Waals surface area contributed by atoms with Crippen molar-refractivity contribution >= 4 is 28.2 Å². The number of H-pyrrole nitrogens is 1. The number of nitrogens with one attached hydrogen (secondary N) is 2. The molecular formula is C14H17N5O4S. The summed E-state index contributed by atoms with van der Waals surface area (Å²) in [5.41, 5.74) is 0.612. The van der Waals surface area contributed by atoms with Crippen LogP contribution in [-0.4, -0.2) is 44.7 Å². The molecular weight excluding hydrogens is 334 g/mol. The highest BCUT2D eigenvalue weighted by Crippen LogP contribution is 2.37. The topological polar surface area (TPSA) is 119 Å². The number of amides is 1. The number of tetrazole rings is 1. The second kappa shape index (κ2) is 6.29. The Morgan fingerprint density at radius 1 is 1.38 bits per heavy atom.